The molecule has 17 heavy (non-hydrogen) atoms. The van der Waals surface area contributed by atoms with Crippen molar-refractivity contribution in [3.05, 3.63) is 11.9 Å². The van der Waals surface area contributed by atoms with Crippen LogP contribution in [-0.2, 0) is 9.53 Å². The van der Waals surface area contributed by atoms with Gasteiger partial charge in [0.05, 0.1) is 7.11 Å². The summed E-state index contributed by atoms with van der Waals surface area (Å²) >= 11 is 0. The van der Waals surface area contributed by atoms with Crippen molar-refractivity contribution in [1.82, 2.24) is 5.01 Å². The number of nitrogens with zero attached hydrogens (tertiary/aromatic N) is 4. The number of fused-ring (bicyclic) bond motifs is 1. The van der Waals surface area contributed by atoms with Gasteiger partial charge in [-0.3, -0.25) is 4.79 Å². The van der Waals surface area contributed by atoms with E-state index in [4.69, 9.17) is 10.5 Å². The number of nitrogens with two attached hydrogens (primary N) is 1. The van der Waals surface area contributed by atoms with Crippen molar-refractivity contribution in [1.29, 1.82) is 0 Å². The number of carbonyl (C=O) groups excluding carboxylic acids is 1. The largest absolute Gasteiger partial charge is 0.479 e. The van der Waals surface area contributed by atoms with Crippen LogP contribution in [0.2, 0.25) is 0 Å². The number of hydrogen-bond acceptors (Lipinski definition) is 7. The lowest BCUT2D eigenvalue weighted by molar-refractivity contribution is -0.111. The van der Waals surface area contributed by atoms with Crippen LogP contribution >= 0.6 is 0 Å². The summed E-state index contributed by atoms with van der Waals surface area (Å²) in [5.74, 6) is 0.456. The second-order valence-corrected chi connectivity index (χ2v) is 3.94. The van der Waals surface area contributed by atoms with Crippen LogP contribution in [0.4, 0.5) is 0 Å². The summed E-state index contributed by atoms with van der Waals surface area (Å²) in [5.41, 5.74) is 5.18. The molecule has 0 aromatic rings. The van der Waals surface area contributed by atoms with Crippen molar-refractivity contribution in [3.63, 3.8) is 0 Å². The molecule has 0 radical (unpaired) electrons. The SMILES string of the molecule is COC1=NC2=CC(C)(N)N=CN2N=C1C(C)=O. The minimum absolute atomic E-state index is 0.164. The molecule has 0 spiro atoms. The Morgan fingerprint density at radius 1 is 1.59 bits per heavy atom. The number of hydrazone groups is 1. The molecule has 0 amide bonds. The predicted octanol–water partition coefficient (Wildman–Crippen LogP) is -0.150. The average Bonchev–Trinajstić information content (AvgIpc) is 2.25. The summed E-state index contributed by atoms with van der Waals surface area (Å²) in [4.78, 5) is 19.6. The number of methoxy groups -OCH3 is 1. The summed E-state index contributed by atoms with van der Waals surface area (Å²) in [6.45, 7) is 3.14. The second-order valence-electron chi connectivity index (χ2n) is 3.94. The number of ether oxygens (including phenoxy) is 1. The van der Waals surface area contributed by atoms with Crippen molar-refractivity contribution >= 4 is 23.7 Å². The highest BCUT2D eigenvalue weighted by molar-refractivity contribution is 6.65. The third-order valence-corrected chi connectivity index (χ3v) is 2.25. The molecule has 2 aliphatic heterocycles. The van der Waals surface area contributed by atoms with Gasteiger partial charge >= 0.3 is 0 Å². The first-order chi connectivity index (χ1) is 7.93. The van der Waals surface area contributed by atoms with Gasteiger partial charge in [-0.1, -0.05) is 0 Å². The van der Waals surface area contributed by atoms with Crippen molar-refractivity contribution in [3.8, 4) is 0 Å². The molecule has 1 unspecified atom stereocenters. The van der Waals surface area contributed by atoms with E-state index in [0.717, 1.165) is 0 Å². The lowest BCUT2D eigenvalue weighted by atomic mass is 10.2. The van der Waals surface area contributed by atoms with Crippen LogP contribution < -0.4 is 5.73 Å². The third-order valence-electron chi connectivity index (χ3n) is 2.25. The standard InChI is InChI=1S/C10H13N5O2/c1-6(16)8-9(17-3)13-7-4-10(2,11)12-5-15(7)14-8/h4-5H,11H2,1-3H3. The van der Waals surface area contributed by atoms with E-state index in [-0.39, 0.29) is 17.4 Å². The number of Topliss-reactive ketones (excluding diaryl/α,β-unsaturated/α-hetero) is 1. The molecule has 2 N–H and O–H groups in total. The van der Waals surface area contributed by atoms with Gasteiger partial charge in [0.25, 0.3) is 0 Å². The number of hydrogen-bond donors (Lipinski definition) is 1. The maximum Gasteiger partial charge on any atom is 0.247 e. The minimum Gasteiger partial charge on any atom is -0.479 e. The molecule has 7 heteroatoms. The van der Waals surface area contributed by atoms with Gasteiger partial charge in [0.1, 0.15) is 12.0 Å². The van der Waals surface area contributed by atoms with Gasteiger partial charge in [-0.15, -0.1) is 0 Å². The van der Waals surface area contributed by atoms with Crippen LogP contribution in [0.3, 0.4) is 0 Å². The van der Waals surface area contributed by atoms with E-state index < -0.39 is 5.66 Å². The topological polar surface area (TPSA) is 92.6 Å². The van der Waals surface area contributed by atoms with Crippen molar-refractivity contribution < 1.29 is 9.53 Å². The predicted molar refractivity (Wildman–Crippen MR) is 63.6 cm³/mol. The Balaban J connectivity index is 2.44. The summed E-state index contributed by atoms with van der Waals surface area (Å²) < 4.78 is 5.03. The van der Waals surface area contributed by atoms with Crippen LogP contribution in [0, 0.1) is 0 Å². The van der Waals surface area contributed by atoms with Crippen molar-refractivity contribution in [2.45, 2.75) is 19.5 Å². The van der Waals surface area contributed by atoms with Crippen LogP contribution in [0.1, 0.15) is 13.8 Å². The zero-order valence-electron chi connectivity index (χ0n) is 9.84. The monoisotopic (exact) mass is 235 g/mol. The quantitative estimate of drug-likeness (QED) is 0.684. The molecule has 1 atom stereocenters. The first-order valence-corrected chi connectivity index (χ1v) is 5.02. The first-order valence-electron chi connectivity index (χ1n) is 5.02. The van der Waals surface area contributed by atoms with Gasteiger partial charge in [-0.05, 0) is 6.92 Å². The highest BCUT2D eigenvalue weighted by atomic mass is 16.5. The Morgan fingerprint density at radius 3 is 2.88 bits per heavy atom. The van der Waals surface area contributed by atoms with Gasteiger partial charge < -0.3 is 10.5 Å². The zero-order valence-corrected chi connectivity index (χ0v) is 9.84. The minimum atomic E-state index is -0.822. The fraction of sp³-hybridized carbons (Fsp3) is 0.400. The lowest BCUT2D eigenvalue weighted by Gasteiger charge is -2.28. The van der Waals surface area contributed by atoms with Crippen LogP contribution in [0.25, 0.3) is 0 Å². The zero-order chi connectivity index (χ0) is 12.6. The Kier molecular flexibility index (Phi) is 2.55. The van der Waals surface area contributed by atoms with Gasteiger partial charge in [0.2, 0.25) is 5.90 Å². The van der Waals surface area contributed by atoms with Crippen LogP contribution in [0.5, 0.6) is 0 Å². The van der Waals surface area contributed by atoms with Gasteiger partial charge in [-0.2, -0.15) is 10.1 Å². The Hall–Kier alpha value is -2.02. The molecule has 90 valence electrons. The molecular weight excluding hydrogens is 222 g/mol. The second kappa shape index (κ2) is 3.77. The molecule has 2 heterocycles. The fourth-order valence-corrected chi connectivity index (χ4v) is 1.43. The van der Waals surface area contributed by atoms with Gasteiger partial charge in [0.15, 0.2) is 17.3 Å². The molecule has 0 aliphatic carbocycles. The average molecular weight is 235 g/mol. The normalized spacial score (nSPS) is 26.8. The van der Waals surface area contributed by atoms with E-state index >= 15 is 0 Å². The molecule has 7 nitrogen and oxygen atoms in total. The number of carbonyl (C=O) groups is 1. The molecule has 2 rings (SSSR count). The number of aliphatic imine (C=N–C) groups is 2. The molecule has 2 aliphatic rings. The highest BCUT2D eigenvalue weighted by Gasteiger charge is 2.29. The summed E-state index contributed by atoms with van der Waals surface area (Å²) in [6.07, 6.45) is 3.08. The Labute approximate surface area is 98.4 Å². The first kappa shape index (κ1) is 11.5. The molecule has 0 saturated heterocycles. The molecule has 0 aromatic carbocycles. The van der Waals surface area contributed by atoms with Crippen molar-refractivity contribution in [2.75, 3.05) is 7.11 Å². The number of rotatable bonds is 1. The summed E-state index contributed by atoms with van der Waals surface area (Å²) in [6, 6.07) is 0. The fourth-order valence-electron chi connectivity index (χ4n) is 1.43. The van der Waals surface area contributed by atoms with Crippen molar-refractivity contribution in [2.24, 2.45) is 20.8 Å². The van der Waals surface area contributed by atoms with E-state index in [9.17, 15) is 4.79 Å². The van der Waals surface area contributed by atoms with E-state index in [2.05, 4.69) is 15.1 Å². The smallest absolute Gasteiger partial charge is 0.247 e. The molecule has 0 fully saturated rings. The van der Waals surface area contributed by atoms with Crippen LogP contribution in [-0.4, -0.2) is 41.5 Å². The van der Waals surface area contributed by atoms with E-state index in [1.165, 1.54) is 25.4 Å². The highest BCUT2D eigenvalue weighted by Crippen LogP contribution is 2.20. The van der Waals surface area contributed by atoms with E-state index in [0.29, 0.717) is 5.82 Å². The van der Waals surface area contributed by atoms with Crippen LogP contribution in [0.15, 0.2) is 27.0 Å². The molecule has 0 aromatic heterocycles. The number of ketones is 1. The molecule has 0 bridgehead atoms. The summed E-state index contributed by atoms with van der Waals surface area (Å²) in [5, 5.41) is 5.49. The van der Waals surface area contributed by atoms with E-state index in [1.807, 2.05) is 0 Å². The van der Waals surface area contributed by atoms with Gasteiger partial charge in [0, 0.05) is 13.0 Å². The Morgan fingerprint density at radius 2 is 2.29 bits per heavy atom. The maximum atomic E-state index is 11.4. The van der Waals surface area contributed by atoms with E-state index in [1.54, 1.807) is 13.0 Å². The lowest BCUT2D eigenvalue weighted by Crippen LogP contribution is -2.40. The van der Waals surface area contributed by atoms with Gasteiger partial charge in [-0.25, -0.2) is 10.0 Å². The summed E-state index contributed by atoms with van der Waals surface area (Å²) in [7, 11) is 1.44. The Bertz CT molecular complexity index is 487. The molecular formula is C10H13N5O2. The maximum absolute atomic E-state index is 11.4. The molecule has 0 saturated carbocycles. The third kappa shape index (κ3) is 2.09.